The van der Waals surface area contributed by atoms with Gasteiger partial charge in [0.1, 0.15) is 0 Å². The first-order valence-corrected chi connectivity index (χ1v) is 9.51. The molecule has 3 nitrogen and oxygen atoms in total. The second kappa shape index (κ2) is 6.16. The number of fused-ring (bicyclic) bond motifs is 1. The van der Waals surface area contributed by atoms with Crippen molar-refractivity contribution in [2.45, 2.75) is 70.9 Å². The maximum atomic E-state index is 10.1. The molecule has 7 atom stereocenters. The summed E-state index contributed by atoms with van der Waals surface area (Å²) in [6.07, 6.45) is 7.31. The van der Waals surface area contributed by atoms with Crippen LogP contribution in [0.2, 0.25) is 0 Å². The Bertz CT molecular complexity index is 465. The van der Waals surface area contributed by atoms with Crippen molar-refractivity contribution in [2.24, 2.45) is 28.6 Å². The lowest BCUT2D eigenvalue weighted by atomic mass is 9.51. The fourth-order valence-electron chi connectivity index (χ4n) is 6.36. The quantitative estimate of drug-likeness (QED) is 0.700. The zero-order valence-electron chi connectivity index (χ0n) is 15.1. The molecule has 0 aromatic carbocycles. The number of rotatable bonds is 3. The Kier molecular flexibility index (Phi) is 4.67. The third-order valence-electron chi connectivity index (χ3n) is 8.13. The van der Waals surface area contributed by atoms with Crippen molar-refractivity contribution in [1.82, 2.24) is 5.32 Å². The zero-order chi connectivity index (χ0) is 16.8. The fraction of sp³-hybridized carbons (Fsp3) is 0.900. The molecule has 3 N–H and O–H groups in total. The highest BCUT2D eigenvalue weighted by molar-refractivity contribution is 5.22. The highest BCUT2D eigenvalue weighted by Crippen LogP contribution is 2.61. The van der Waals surface area contributed by atoms with E-state index in [9.17, 15) is 10.2 Å². The first-order chi connectivity index (χ1) is 10.9. The Hall–Kier alpha value is -0.380. The van der Waals surface area contributed by atoms with Crippen molar-refractivity contribution >= 4 is 0 Å². The van der Waals surface area contributed by atoms with E-state index in [1.54, 1.807) is 0 Å². The van der Waals surface area contributed by atoms with Gasteiger partial charge in [0, 0.05) is 12.6 Å². The molecule has 0 saturated heterocycles. The van der Waals surface area contributed by atoms with Gasteiger partial charge in [-0.25, -0.2) is 0 Å². The number of aliphatic hydroxyl groups is 2. The van der Waals surface area contributed by atoms with Crippen LogP contribution < -0.4 is 5.32 Å². The summed E-state index contributed by atoms with van der Waals surface area (Å²) in [7, 11) is 2.11. The topological polar surface area (TPSA) is 52.5 Å². The van der Waals surface area contributed by atoms with Gasteiger partial charge < -0.3 is 15.5 Å². The molecule has 0 bridgehead atoms. The molecule has 3 rings (SSSR count). The van der Waals surface area contributed by atoms with Crippen LogP contribution in [0.1, 0.15) is 58.8 Å². The molecule has 132 valence electrons. The van der Waals surface area contributed by atoms with Crippen LogP contribution in [-0.2, 0) is 0 Å². The molecule has 3 aliphatic carbocycles. The van der Waals surface area contributed by atoms with Gasteiger partial charge in [0.15, 0.2) is 0 Å². The number of hydrogen-bond acceptors (Lipinski definition) is 3. The summed E-state index contributed by atoms with van der Waals surface area (Å²) in [5, 5.41) is 23.7. The maximum Gasteiger partial charge on any atom is 0.0544 e. The van der Waals surface area contributed by atoms with E-state index in [1.807, 2.05) is 0 Å². The largest absolute Gasteiger partial charge is 0.396 e. The Morgan fingerprint density at radius 1 is 1.17 bits per heavy atom. The molecule has 23 heavy (non-hydrogen) atoms. The lowest BCUT2D eigenvalue weighted by Crippen LogP contribution is -2.57. The van der Waals surface area contributed by atoms with Crippen LogP contribution in [0, 0.1) is 28.6 Å². The number of hydrogen-bond donors (Lipinski definition) is 3. The molecule has 3 heteroatoms. The molecule has 0 spiro atoms. The molecule has 0 aromatic heterocycles. The first kappa shape index (κ1) is 17.4. The predicted octanol–water partition coefficient (Wildman–Crippen LogP) is 3.12. The van der Waals surface area contributed by atoms with Gasteiger partial charge in [-0.15, -0.1) is 0 Å². The molecular weight excluding hydrogens is 286 g/mol. The van der Waals surface area contributed by atoms with Crippen LogP contribution in [0.5, 0.6) is 0 Å². The summed E-state index contributed by atoms with van der Waals surface area (Å²) < 4.78 is 0. The number of allylic oxidation sites excluding steroid dienone is 1. The monoisotopic (exact) mass is 321 g/mol. The predicted molar refractivity (Wildman–Crippen MR) is 94.1 cm³/mol. The molecule has 3 aliphatic rings. The average Bonchev–Trinajstić information content (AvgIpc) is 2.84. The van der Waals surface area contributed by atoms with Crippen LogP contribution >= 0.6 is 0 Å². The minimum atomic E-state index is -0.228. The van der Waals surface area contributed by atoms with Gasteiger partial charge in [0.05, 0.1) is 6.10 Å². The minimum Gasteiger partial charge on any atom is -0.396 e. The van der Waals surface area contributed by atoms with E-state index >= 15 is 0 Å². The van der Waals surface area contributed by atoms with E-state index < -0.39 is 0 Å². The molecule has 0 amide bonds. The standard InChI is InChI=1S/C20H35NO2/c1-13-5-6-16-18(21-4)17(8-10-19(13,16)2)20(3)9-7-15(23)11-14(20)12-22/h14-18,21-23H,1,5-12H2,2-4H3/t14-,15+,16?,17?,18-,19+,20+/m1/s1. The van der Waals surface area contributed by atoms with Crippen LogP contribution in [-0.4, -0.2) is 36.0 Å². The molecule has 3 fully saturated rings. The summed E-state index contributed by atoms with van der Waals surface area (Å²) >= 11 is 0. The van der Waals surface area contributed by atoms with Crippen molar-refractivity contribution in [3.63, 3.8) is 0 Å². The molecule has 0 aromatic rings. The van der Waals surface area contributed by atoms with Crippen molar-refractivity contribution in [3.8, 4) is 0 Å². The number of aliphatic hydroxyl groups excluding tert-OH is 2. The van der Waals surface area contributed by atoms with E-state index in [-0.39, 0.29) is 24.0 Å². The van der Waals surface area contributed by atoms with Crippen molar-refractivity contribution in [2.75, 3.05) is 13.7 Å². The number of nitrogens with one attached hydrogen (secondary N) is 1. The van der Waals surface area contributed by atoms with E-state index in [0.717, 1.165) is 19.3 Å². The van der Waals surface area contributed by atoms with Crippen molar-refractivity contribution in [3.05, 3.63) is 12.2 Å². The van der Waals surface area contributed by atoms with E-state index in [1.165, 1.54) is 31.3 Å². The molecular formula is C20H35NO2. The molecule has 0 aliphatic heterocycles. The average molecular weight is 322 g/mol. The summed E-state index contributed by atoms with van der Waals surface area (Å²) in [5.41, 5.74) is 1.88. The van der Waals surface area contributed by atoms with Crippen LogP contribution in [0.4, 0.5) is 0 Å². The lowest BCUT2D eigenvalue weighted by molar-refractivity contribution is -0.0796. The summed E-state index contributed by atoms with van der Waals surface area (Å²) in [6.45, 7) is 9.37. The van der Waals surface area contributed by atoms with Gasteiger partial charge in [-0.3, -0.25) is 0 Å². The molecule has 3 saturated carbocycles. The lowest BCUT2D eigenvalue weighted by Gasteiger charge is -2.56. The van der Waals surface area contributed by atoms with Crippen LogP contribution in [0.15, 0.2) is 12.2 Å². The Morgan fingerprint density at radius 3 is 2.57 bits per heavy atom. The third-order valence-corrected chi connectivity index (χ3v) is 8.13. The smallest absolute Gasteiger partial charge is 0.0544 e. The highest BCUT2D eigenvalue weighted by Gasteiger charge is 2.56. The highest BCUT2D eigenvalue weighted by atomic mass is 16.3. The fourth-order valence-corrected chi connectivity index (χ4v) is 6.36. The van der Waals surface area contributed by atoms with E-state index in [4.69, 9.17) is 0 Å². The minimum absolute atomic E-state index is 0.132. The van der Waals surface area contributed by atoms with Crippen LogP contribution in [0.25, 0.3) is 0 Å². The van der Waals surface area contributed by atoms with Gasteiger partial charge in [-0.2, -0.15) is 0 Å². The van der Waals surface area contributed by atoms with E-state index in [2.05, 4.69) is 32.8 Å². The summed E-state index contributed by atoms with van der Waals surface area (Å²) in [4.78, 5) is 0. The molecule has 0 radical (unpaired) electrons. The second-order valence-electron chi connectivity index (χ2n) is 8.94. The maximum absolute atomic E-state index is 10.1. The van der Waals surface area contributed by atoms with Crippen LogP contribution in [0.3, 0.4) is 0 Å². The first-order valence-electron chi connectivity index (χ1n) is 9.51. The summed E-state index contributed by atoms with van der Waals surface area (Å²) in [5.74, 6) is 1.48. The zero-order valence-corrected chi connectivity index (χ0v) is 15.1. The van der Waals surface area contributed by atoms with Crippen molar-refractivity contribution < 1.29 is 10.2 Å². The Balaban J connectivity index is 1.89. The van der Waals surface area contributed by atoms with Gasteiger partial charge >= 0.3 is 0 Å². The molecule has 2 unspecified atom stereocenters. The van der Waals surface area contributed by atoms with Gasteiger partial charge in [-0.05, 0) is 80.6 Å². The van der Waals surface area contributed by atoms with Gasteiger partial charge in [-0.1, -0.05) is 26.0 Å². The third kappa shape index (κ3) is 2.60. The molecule has 0 heterocycles. The SMILES string of the molecule is C=C1CCC2[C@@H](NC)C([C@@]3(C)CC[C@H](O)C[C@@H]3CO)CC[C@@]12C. The Morgan fingerprint density at radius 2 is 1.91 bits per heavy atom. The van der Waals surface area contributed by atoms with E-state index in [0.29, 0.717) is 23.3 Å². The second-order valence-corrected chi connectivity index (χ2v) is 8.94. The Labute approximate surface area is 141 Å². The summed E-state index contributed by atoms with van der Waals surface area (Å²) in [6, 6.07) is 0.502. The normalized spacial score (nSPS) is 50.8. The van der Waals surface area contributed by atoms with Gasteiger partial charge in [0.25, 0.3) is 0 Å². The van der Waals surface area contributed by atoms with Gasteiger partial charge in [0.2, 0.25) is 0 Å². The van der Waals surface area contributed by atoms with Crippen molar-refractivity contribution in [1.29, 1.82) is 0 Å².